The Balaban J connectivity index is 1.55. The van der Waals surface area contributed by atoms with E-state index >= 15 is 0 Å². The number of amides is 1. The van der Waals surface area contributed by atoms with Crippen LogP contribution in [0, 0.1) is 5.92 Å². The van der Waals surface area contributed by atoms with E-state index in [-0.39, 0.29) is 23.9 Å². The SMILES string of the molecule is COc1cccc(C2C(NC(=O)C3CNC3)CCN2C2CC2)c1. The molecule has 0 bridgehead atoms. The van der Waals surface area contributed by atoms with Crippen LogP contribution in [-0.4, -0.2) is 49.6 Å². The zero-order chi connectivity index (χ0) is 15.8. The third kappa shape index (κ3) is 2.95. The molecule has 2 heterocycles. The van der Waals surface area contributed by atoms with Crippen molar-refractivity contribution in [2.75, 3.05) is 26.7 Å². The molecule has 0 radical (unpaired) electrons. The zero-order valence-corrected chi connectivity index (χ0v) is 13.6. The molecule has 5 heteroatoms. The van der Waals surface area contributed by atoms with Gasteiger partial charge in [-0.1, -0.05) is 12.1 Å². The largest absolute Gasteiger partial charge is 0.497 e. The molecular weight excluding hydrogens is 290 g/mol. The fourth-order valence-corrected chi connectivity index (χ4v) is 3.81. The maximum atomic E-state index is 12.4. The Kier molecular flexibility index (Phi) is 3.99. The van der Waals surface area contributed by atoms with E-state index in [0.717, 1.165) is 31.8 Å². The molecule has 1 aliphatic carbocycles. The van der Waals surface area contributed by atoms with Crippen molar-refractivity contribution >= 4 is 5.91 Å². The van der Waals surface area contributed by atoms with Crippen LogP contribution in [0.1, 0.15) is 30.9 Å². The molecule has 2 atom stereocenters. The Morgan fingerprint density at radius 3 is 2.78 bits per heavy atom. The smallest absolute Gasteiger partial charge is 0.225 e. The van der Waals surface area contributed by atoms with Gasteiger partial charge >= 0.3 is 0 Å². The highest BCUT2D eigenvalue weighted by Gasteiger charge is 2.44. The predicted molar refractivity (Wildman–Crippen MR) is 88.4 cm³/mol. The molecule has 3 fully saturated rings. The highest BCUT2D eigenvalue weighted by molar-refractivity contribution is 5.80. The lowest BCUT2D eigenvalue weighted by Gasteiger charge is -2.32. The monoisotopic (exact) mass is 315 g/mol. The van der Waals surface area contributed by atoms with Crippen molar-refractivity contribution in [1.29, 1.82) is 0 Å². The quantitative estimate of drug-likeness (QED) is 0.860. The van der Waals surface area contributed by atoms with Crippen molar-refractivity contribution in [3.05, 3.63) is 29.8 Å². The van der Waals surface area contributed by atoms with Gasteiger partial charge in [0.25, 0.3) is 0 Å². The first-order chi connectivity index (χ1) is 11.3. The summed E-state index contributed by atoms with van der Waals surface area (Å²) in [6.07, 6.45) is 3.60. The van der Waals surface area contributed by atoms with E-state index < -0.39 is 0 Å². The molecule has 4 rings (SSSR count). The summed E-state index contributed by atoms with van der Waals surface area (Å²) in [6.45, 7) is 2.70. The van der Waals surface area contributed by atoms with Gasteiger partial charge in [-0.2, -0.15) is 0 Å². The van der Waals surface area contributed by atoms with Gasteiger partial charge in [-0.3, -0.25) is 9.69 Å². The van der Waals surface area contributed by atoms with Crippen LogP contribution in [0.15, 0.2) is 24.3 Å². The molecule has 1 amide bonds. The van der Waals surface area contributed by atoms with E-state index in [1.54, 1.807) is 7.11 Å². The summed E-state index contributed by atoms with van der Waals surface area (Å²) in [4.78, 5) is 15.0. The molecule has 2 saturated heterocycles. The Bertz CT molecular complexity index is 583. The van der Waals surface area contributed by atoms with E-state index in [1.807, 2.05) is 12.1 Å². The van der Waals surface area contributed by atoms with E-state index in [0.29, 0.717) is 6.04 Å². The van der Waals surface area contributed by atoms with Gasteiger partial charge in [-0.25, -0.2) is 0 Å². The van der Waals surface area contributed by atoms with Crippen LogP contribution in [0.25, 0.3) is 0 Å². The van der Waals surface area contributed by atoms with Crippen molar-refractivity contribution in [2.24, 2.45) is 5.92 Å². The van der Waals surface area contributed by atoms with Gasteiger partial charge in [0.1, 0.15) is 5.75 Å². The summed E-state index contributed by atoms with van der Waals surface area (Å²) in [7, 11) is 1.70. The third-order valence-corrected chi connectivity index (χ3v) is 5.37. The third-order valence-electron chi connectivity index (χ3n) is 5.37. The number of hydrogen-bond acceptors (Lipinski definition) is 4. The maximum absolute atomic E-state index is 12.4. The Morgan fingerprint density at radius 2 is 2.13 bits per heavy atom. The average molecular weight is 315 g/mol. The van der Waals surface area contributed by atoms with E-state index in [9.17, 15) is 4.79 Å². The molecule has 124 valence electrons. The van der Waals surface area contributed by atoms with Crippen molar-refractivity contribution in [1.82, 2.24) is 15.5 Å². The van der Waals surface area contributed by atoms with Gasteiger partial charge in [0.05, 0.1) is 19.1 Å². The second-order valence-corrected chi connectivity index (χ2v) is 6.95. The Morgan fingerprint density at radius 1 is 1.30 bits per heavy atom. The number of ether oxygens (including phenoxy) is 1. The van der Waals surface area contributed by atoms with Gasteiger partial charge in [0, 0.05) is 31.7 Å². The van der Waals surface area contributed by atoms with E-state index in [1.165, 1.54) is 18.4 Å². The number of rotatable bonds is 5. The lowest BCUT2D eigenvalue weighted by molar-refractivity contribution is -0.127. The van der Waals surface area contributed by atoms with Gasteiger partial charge in [0.15, 0.2) is 0 Å². The Labute approximate surface area is 137 Å². The molecule has 2 unspecified atom stereocenters. The standard InChI is InChI=1S/C18H25N3O2/c1-23-15-4-2-3-12(9-15)17-16(7-8-21(17)14-5-6-14)20-18(22)13-10-19-11-13/h2-4,9,13-14,16-17,19H,5-8,10-11H2,1H3,(H,20,22). The van der Waals surface area contributed by atoms with Crippen molar-refractivity contribution in [3.8, 4) is 5.75 Å². The molecule has 1 saturated carbocycles. The molecule has 3 aliphatic rings. The average Bonchev–Trinajstić information content (AvgIpc) is 3.27. The minimum atomic E-state index is 0.149. The highest BCUT2D eigenvalue weighted by atomic mass is 16.5. The van der Waals surface area contributed by atoms with Crippen LogP contribution in [-0.2, 0) is 4.79 Å². The number of likely N-dealkylation sites (tertiary alicyclic amines) is 1. The molecule has 2 N–H and O–H groups in total. The number of methoxy groups -OCH3 is 1. The van der Waals surface area contributed by atoms with Gasteiger partial charge < -0.3 is 15.4 Å². The predicted octanol–water partition coefficient (Wildman–Crippen LogP) is 1.31. The molecule has 1 aromatic carbocycles. The van der Waals surface area contributed by atoms with E-state index in [4.69, 9.17) is 4.74 Å². The Hall–Kier alpha value is -1.59. The molecule has 23 heavy (non-hydrogen) atoms. The minimum absolute atomic E-state index is 0.149. The van der Waals surface area contributed by atoms with Crippen molar-refractivity contribution in [3.63, 3.8) is 0 Å². The summed E-state index contributed by atoms with van der Waals surface area (Å²) >= 11 is 0. The minimum Gasteiger partial charge on any atom is -0.497 e. The molecular formula is C18H25N3O2. The fourth-order valence-electron chi connectivity index (χ4n) is 3.81. The summed E-state index contributed by atoms with van der Waals surface area (Å²) in [5.74, 6) is 1.24. The fraction of sp³-hybridized carbons (Fsp3) is 0.611. The van der Waals surface area contributed by atoms with Gasteiger partial charge in [-0.15, -0.1) is 0 Å². The summed E-state index contributed by atoms with van der Waals surface area (Å²) in [5, 5.41) is 6.49. The van der Waals surface area contributed by atoms with Crippen LogP contribution in [0.4, 0.5) is 0 Å². The normalized spacial score (nSPS) is 28.4. The first kappa shape index (κ1) is 15.0. The molecule has 0 aromatic heterocycles. The van der Waals surface area contributed by atoms with Crippen molar-refractivity contribution in [2.45, 2.75) is 37.4 Å². The van der Waals surface area contributed by atoms with Crippen LogP contribution in [0.3, 0.4) is 0 Å². The number of nitrogens with one attached hydrogen (secondary N) is 2. The molecule has 1 aromatic rings. The van der Waals surface area contributed by atoms with Crippen LogP contribution < -0.4 is 15.4 Å². The zero-order valence-electron chi connectivity index (χ0n) is 13.6. The number of hydrogen-bond donors (Lipinski definition) is 2. The van der Waals surface area contributed by atoms with Crippen LogP contribution in [0.5, 0.6) is 5.75 Å². The number of benzene rings is 1. The van der Waals surface area contributed by atoms with Crippen LogP contribution >= 0.6 is 0 Å². The summed E-state index contributed by atoms with van der Waals surface area (Å²) in [6, 6.07) is 9.48. The lowest BCUT2D eigenvalue weighted by Crippen LogP contribution is -2.53. The molecule has 5 nitrogen and oxygen atoms in total. The van der Waals surface area contributed by atoms with Gasteiger partial charge in [-0.05, 0) is 37.0 Å². The number of carbonyl (C=O) groups is 1. The second kappa shape index (κ2) is 6.13. The van der Waals surface area contributed by atoms with E-state index in [2.05, 4.69) is 27.7 Å². The highest BCUT2D eigenvalue weighted by Crippen LogP contribution is 2.41. The second-order valence-electron chi connectivity index (χ2n) is 6.95. The number of carbonyl (C=O) groups excluding carboxylic acids is 1. The first-order valence-electron chi connectivity index (χ1n) is 8.67. The maximum Gasteiger partial charge on any atom is 0.225 e. The van der Waals surface area contributed by atoms with Gasteiger partial charge in [0.2, 0.25) is 5.91 Å². The lowest BCUT2D eigenvalue weighted by atomic mass is 9.97. The first-order valence-corrected chi connectivity index (χ1v) is 8.67. The summed E-state index contributed by atoms with van der Waals surface area (Å²) < 4.78 is 5.39. The topological polar surface area (TPSA) is 53.6 Å². The molecule has 2 aliphatic heterocycles. The van der Waals surface area contributed by atoms with Crippen molar-refractivity contribution < 1.29 is 9.53 Å². The summed E-state index contributed by atoms with van der Waals surface area (Å²) in [5.41, 5.74) is 1.26. The van der Waals surface area contributed by atoms with Crippen LogP contribution in [0.2, 0.25) is 0 Å². The molecule has 0 spiro atoms. The number of nitrogens with zero attached hydrogens (tertiary/aromatic N) is 1.